The maximum Gasteiger partial charge on any atom is 0.139 e. The first-order valence-electron chi connectivity index (χ1n) is 4.42. The van der Waals surface area contributed by atoms with Crippen LogP contribution in [-0.2, 0) is 0 Å². The number of benzene rings is 2. The fourth-order valence-corrected chi connectivity index (χ4v) is 2.01. The van der Waals surface area contributed by atoms with E-state index < -0.39 is 0 Å². The fourth-order valence-electron chi connectivity index (χ4n) is 1.42. The maximum atomic E-state index is 9.90. The van der Waals surface area contributed by atoms with Crippen LogP contribution in [0.15, 0.2) is 46.9 Å². The molecule has 2 aromatic carbocycles. The van der Waals surface area contributed by atoms with Gasteiger partial charge >= 0.3 is 0 Å². The summed E-state index contributed by atoms with van der Waals surface area (Å²) in [5, 5.41) is 10.4. The largest absolute Gasteiger partial charge is 0.506 e. The lowest BCUT2D eigenvalue weighted by Gasteiger charge is -2.08. The SMILES string of the molecule is Oc1c(Br)ccc(Cl)c1-c1ccccc1. The highest BCUT2D eigenvalue weighted by atomic mass is 79.9. The van der Waals surface area contributed by atoms with Gasteiger partial charge in [-0.15, -0.1) is 0 Å². The number of hydrogen-bond donors (Lipinski definition) is 1. The summed E-state index contributed by atoms with van der Waals surface area (Å²) in [5.41, 5.74) is 1.56. The van der Waals surface area contributed by atoms with Crippen molar-refractivity contribution in [1.29, 1.82) is 0 Å². The Balaban J connectivity index is 2.68. The van der Waals surface area contributed by atoms with Gasteiger partial charge < -0.3 is 5.11 Å². The molecule has 0 aliphatic carbocycles. The van der Waals surface area contributed by atoms with E-state index in [9.17, 15) is 5.11 Å². The maximum absolute atomic E-state index is 9.90. The van der Waals surface area contributed by atoms with Gasteiger partial charge in [-0.1, -0.05) is 41.9 Å². The fraction of sp³-hybridized carbons (Fsp3) is 0. The van der Waals surface area contributed by atoms with Crippen LogP contribution in [0.3, 0.4) is 0 Å². The van der Waals surface area contributed by atoms with Crippen molar-refractivity contribution in [2.24, 2.45) is 0 Å². The van der Waals surface area contributed by atoms with E-state index in [1.807, 2.05) is 30.3 Å². The second kappa shape index (κ2) is 4.25. The van der Waals surface area contributed by atoms with Gasteiger partial charge in [0.15, 0.2) is 0 Å². The van der Waals surface area contributed by atoms with Gasteiger partial charge in [-0.05, 0) is 33.6 Å². The molecule has 0 bridgehead atoms. The average molecular weight is 284 g/mol. The molecule has 0 spiro atoms. The third-order valence-corrected chi connectivity index (χ3v) is 3.10. The summed E-state index contributed by atoms with van der Waals surface area (Å²) >= 11 is 9.32. The van der Waals surface area contributed by atoms with Gasteiger partial charge in [-0.25, -0.2) is 0 Å². The first-order chi connectivity index (χ1) is 7.20. The Labute approximate surface area is 101 Å². The molecule has 2 aromatic rings. The summed E-state index contributed by atoms with van der Waals surface area (Å²) in [6.45, 7) is 0. The lowest BCUT2D eigenvalue weighted by Crippen LogP contribution is -1.81. The zero-order valence-electron chi connectivity index (χ0n) is 7.74. The highest BCUT2D eigenvalue weighted by Gasteiger charge is 2.11. The van der Waals surface area contributed by atoms with Crippen molar-refractivity contribution in [3.63, 3.8) is 0 Å². The number of phenolic OH excluding ortho intramolecular Hbond substituents is 1. The van der Waals surface area contributed by atoms with Crippen LogP contribution >= 0.6 is 27.5 Å². The molecule has 3 heteroatoms. The number of aromatic hydroxyl groups is 1. The number of halogens is 2. The topological polar surface area (TPSA) is 20.2 Å². The van der Waals surface area contributed by atoms with E-state index in [1.54, 1.807) is 12.1 Å². The van der Waals surface area contributed by atoms with Crippen LogP contribution in [0.25, 0.3) is 11.1 Å². The zero-order chi connectivity index (χ0) is 10.8. The monoisotopic (exact) mass is 282 g/mol. The van der Waals surface area contributed by atoms with E-state index in [-0.39, 0.29) is 5.75 Å². The molecule has 1 N–H and O–H groups in total. The molecule has 0 radical (unpaired) electrons. The van der Waals surface area contributed by atoms with E-state index in [2.05, 4.69) is 15.9 Å². The predicted molar refractivity (Wildman–Crippen MR) is 66.3 cm³/mol. The average Bonchev–Trinajstić information content (AvgIpc) is 2.26. The molecule has 0 heterocycles. The van der Waals surface area contributed by atoms with Crippen LogP contribution in [0.1, 0.15) is 0 Å². The van der Waals surface area contributed by atoms with Crippen molar-refractivity contribution in [3.8, 4) is 16.9 Å². The number of rotatable bonds is 1. The minimum absolute atomic E-state index is 0.175. The molecular formula is C12H8BrClO. The molecule has 15 heavy (non-hydrogen) atoms. The third-order valence-electron chi connectivity index (χ3n) is 2.14. The van der Waals surface area contributed by atoms with Crippen LogP contribution in [0.5, 0.6) is 5.75 Å². The Kier molecular flexibility index (Phi) is 2.98. The van der Waals surface area contributed by atoms with Crippen molar-refractivity contribution in [2.45, 2.75) is 0 Å². The van der Waals surface area contributed by atoms with Crippen molar-refractivity contribution in [1.82, 2.24) is 0 Å². The van der Waals surface area contributed by atoms with Gasteiger partial charge in [0.1, 0.15) is 5.75 Å². The summed E-state index contributed by atoms with van der Waals surface area (Å²) in [7, 11) is 0. The normalized spacial score (nSPS) is 10.3. The van der Waals surface area contributed by atoms with Gasteiger partial charge in [0.25, 0.3) is 0 Å². The molecule has 1 nitrogen and oxygen atoms in total. The lowest BCUT2D eigenvalue weighted by molar-refractivity contribution is 0.474. The van der Waals surface area contributed by atoms with Gasteiger partial charge in [0.2, 0.25) is 0 Å². The Morgan fingerprint density at radius 1 is 1.00 bits per heavy atom. The molecule has 76 valence electrons. The van der Waals surface area contributed by atoms with Gasteiger partial charge in [-0.3, -0.25) is 0 Å². The molecule has 0 aliphatic heterocycles. The Morgan fingerprint density at radius 3 is 2.33 bits per heavy atom. The number of hydrogen-bond acceptors (Lipinski definition) is 1. The van der Waals surface area contributed by atoms with Crippen LogP contribution < -0.4 is 0 Å². The van der Waals surface area contributed by atoms with E-state index in [1.165, 1.54) is 0 Å². The minimum Gasteiger partial charge on any atom is -0.506 e. The zero-order valence-corrected chi connectivity index (χ0v) is 10.1. The summed E-state index contributed by atoms with van der Waals surface area (Å²) < 4.78 is 0.644. The van der Waals surface area contributed by atoms with Crippen molar-refractivity contribution >= 4 is 27.5 Å². The van der Waals surface area contributed by atoms with Crippen molar-refractivity contribution in [2.75, 3.05) is 0 Å². The summed E-state index contributed by atoms with van der Waals surface area (Å²) in [6.07, 6.45) is 0. The molecule has 0 saturated carbocycles. The second-order valence-electron chi connectivity index (χ2n) is 3.12. The first-order valence-corrected chi connectivity index (χ1v) is 5.59. The van der Waals surface area contributed by atoms with Crippen LogP contribution in [0.4, 0.5) is 0 Å². The molecule has 2 rings (SSSR count). The van der Waals surface area contributed by atoms with Gasteiger partial charge in [0, 0.05) is 5.56 Å². The van der Waals surface area contributed by atoms with E-state index in [0.29, 0.717) is 15.1 Å². The quantitative estimate of drug-likeness (QED) is 0.818. The van der Waals surface area contributed by atoms with Gasteiger partial charge in [0.05, 0.1) is 9.50 Å². The second-order valence-corrected chi connectivity index (χ2v) is 4.38. The molecule has 0 amide bonds. The van der Waals surface area contributed by atoms with E-state index >= 15 is 0 Å². The minimum atomic E-state index is 0.175. The molecule has 0 aliphatic rings. The standard InChI is InChI=1S/C12H8BrClO/c13-9-6-7-10(14)11(12(9)15)8-4-2-1-3-5-8/h1-7,15H. The molecule has 0 saturated heterocycles. The van der Waals surface area contributed by atoms with Crippen LogP contribution in [0.2, 0.25) is 5.02 Å². The molecule has 0 atom stereocenters. The Bertz CT molecular complexity index is 482. The van der Waals surface area contributed by atoms with Crippen LogP contribution in [0, 0.1) is 0 Å². The predicted octanol–water partition coefficient (Wildman–Crippen LogP) is 4.48. The highest BCUT2D eigenvalue weighted by Crippen LogP contribution is 2.40. The molecule has 0 fully saturated rings. The Hall–Kier alpha value is -0.990. The lowest BCUT2D eigenvalue weighted by atomic mass is 10.0. The summed E-state index contributed by atoms with van der Waals surface area (Å²) in [5.74, 6) is 0.175. The van der Waals surface area contributed by atoms with E-state index in [4.69, 9.17) is 11.6 Å². The van der Waals surface area contributed by atoms with Gasteiger partial charge in [-0.2, -0.15) is 0 Å². The summed E-state index contributed by atoms with van der Waals surface area (Å²) in [6, 6.07) is 13.0. The highest BCUT2D eigenvalue weighted by molar-refractivity contribution is 9.10. The molecule has 0 unspecified atom stereocenters. The van der Waals surface area contributed by atoms with Crippen molar-refractivity contribution < 1.29 is 5.11 Å². The molecule has 0 aromatic heterocycles. The first kappa shape index (κ1) is 10.5. The smallest absolute Gasteiger partial charge is 0.139 e. The van der Waals surface area contributed by atoms with Crippen LogP contribution in [-0.4, -0.2) is 5.11 Å². The van der Waals surface area contributed by atoms with Crippen molar-refractivity contribution in [3.05, 3.63) is 52.0 Å². The number of phenols is 1. The van der Waals surface area contributed by atoms with E-state index in [0.717, 1.165) is 5.56 Å². The third kappa shape index (κ3) is 2.01. The Morgan fingerprint density at radius 2 is 1.67 bits per heavy atom. The summed E-state index contributed by atoms with van der Waals surface area (Å²) in [4.78, 5) is 0. The molecular weight excluding hydrogens is 275 g/mol.